The SMILES string of the molecule is CC(=O)N(CCNS(=O)(=O)c1ccc(Cl)c(C)c1)C1CCCCCC1. The lowest BCUT2D eigenvalue weighted by Crippen LogP contribution is -2.43. The summed E-state index contributed by atoms with van der Waals surface area (Å²) in [6.07, 6.45) is 6.69. The summed E-state index contributed by atoms with van der Waals surface area (Å²) in [4.78, 5) is 14.0. The molecule has 140 valence electrons. The molecule has 7 heteroatoms. The molecule has 0 aliphatic heterocycles. The number of benzene rings is 1. The van der Waals surface area contributed by atoms with Crippen molar-refractivity contribution in [3.63, 3.8) is 0 Å². The lowest BCUT2D eigenvalue weighted by Gasteiger charge is -2.30. The van der Waals surface area contributed by atoms with Gasteiger partial charge in [-0.15, -0.1) is 0 Å². The number of rotatable bonds is 6. The maximum atomic E-state index is 12.4. The molecule has 1 saturated carbocycles. The van der Waals surface area contributed by atoms with Crippen LogP contribution in [0.3, 0.4) is 0 Å². The van der Waals surface area contributed by atoms with Crippen LogP contribution in [0.2, 0.25) is 5.02 Å². The second-order valence-electron chi connectivity index (χ2n) is 6.67. The molecule has 0 bridgehead atoms. The van der Waals surface area contributed by atoms with Crippen molar-refractivity contribution in [2.45, 2.75) is 63.3 Å². The van der Waals surface area contributed by atoms with Crippen molar-refractivity contribution in [3.05, 3.63) is 28.8 Å². The molecule has 1 aliphatic carbocycles. The number of carbonyl (C=O) groups excluding carboxylic acids is 1. The molecule has 0 unspecified atom stereocenters. The van der Waals surface area contributed by atoms with Gasteiger partial charge in [0, 0.05) is 31.1 Å². The monoisotopic (exact) mass is 386 g/mol. The van der Waals surface area contributed by atoms with E-state index in [1.807, 2.05) is 4.90 Å². The Morgan fingerprint density at radius 1 is 1.24 bits per heavy atom. The second kappa shape index (κ2) is 9.01. The van der Waals surface area contributed by atoms with Crippen LogP contribution in [0.1, 0.15) is 51.0 Å². The van der Waals surface area contributed by atoms with Gasteiger partial charge in [-0.05, 0) is 43.5 Å². The molecule has 0 saturated heterocycles. The molecular formula is C18H27ClN2O3S. The van der Waals surface area contributed by atoms with Crippen molar-refractivity contribution in [1.29, 1.82) is 0 Å². The molecule has 1 aromatic rings. The zero-order chi connectivity index (χ0) is 18.4. The van der Waals surface area contributed by atoms with Gasteiger partial charge in [-0.25, -0.2) is 13.1 Å². The number of amides is 1. The molecule has 1 aromatic carbocycles. The van der Waals surface area contributed by atoms with Crippen molar-refractivity contribution >= 4 is 27.5 Å². The van der Waals surface area contributed by atoms with Crippen LogP contribution in [0.5, 0.6) is 0 Å². The topological polar surface area (TPSA) is 66.5 Å². The predicted octanol–water partition coefficient (Wildman–Crippen LogP) is 3.50. The summed E-state index contributed by atoms with van der Waals surface area (Å²) >= 11 is 5.95. The Hall–Kier alpha value is -1.11. The highest BCUT2D eigenvalue weighted by Crippen LogP contribution is 2.22. The fourth-order valence-corrected chi connectivity index (χ4v) is 4.56. The molecule has 25 heavy (non-hydrogen) atoms. The molecular weight excluding hydrogens is 360 g/mol. The van der Waals surface area contributed by atoms with E-state index >= 15 is 0 Å². The Kier molecular flexibility index (Phi) is 7.28. The lowest BCUT2D eigenvalue weighted by molar-refractivity contribution is -0.131. The fraction of sp³-hybridized carbons (Fsp3) is 0.611. The van der Waals surface area contributed by atoms with Crippen LogP contribution < -0.4 is 4.72 Å². The largest absolute Gasteiger partial charge is 0.339 e. The number of halogens is 1. The van der Waals surface area contributed by atoms with Crippen LogP contribution in [0.4, 0.5) is 0 Å². The molecule has 0 aromatic heterocycles. The van der Waals surface area contributed by atoms with E-state index in [1.54, 1.807) is 26.0 Å². The summed E-state index contributed by atoms with van der Waals surface area (Å²) in [6, 6.07) is 4.85. The van der Waals surface area contributed by atoms with Crippen molar-refractivity contribution < 1.29 is 13.2 Å². The van der Waals surface area contributed by atoms with Crippen LogP contribution in [-0.4, -0.2) is 38.4 Å². The fourth-order valence-electron chi connectivity index (χ4n) is 3.33. The highest BCUT2D eigenvalue weighted by molar-refractivity contribution is 7.89. The Balaban J connectivity index is 1.98. The number of aryl methyl sites for hydroxylation is 1. The van der Waals surface area contributed by atoms with Crippen LogP contribution >= 0.6 is 11.6 Å². The third kappa shape index (κ3) is 5.69. The summed E-state index contributed by atoms with van der Waals surface area (Å²) in [7, 11) is -3.61. The lowest BCUT2D eigenvalue weighted by atomic mass is 10.1. The van der Waals surface area contributed by atoms with Crippen molar-refractivity contribution in [1.82, 2.24) is 9.62 Å². The zero-order valence-corrected chi connectivity index (χ0v) is 16.5. The molecule has 2 rings (SSSR count). The normalized spacial score (nSPS) is 16.4. The van der Waals surface area contributed by atoms with E-state index in [-0.39, 0.29) is 23.4 Å². The molecule has 1 fully saturated rings. The predicted molar refractivity (Wildman–Crippen MR) is 100 cm³/mol. The summed E-state index contributed by atoms with van der Waals surface area (Å²) < 4.78 is 27.4. The van der Waals surface area contributed by atoms with E-state index in [2.05, 4.69) is 4.72 Å². The number of hydrogen-bond donors (Lipinski definition) is 1. The molecule has 1 N–H and O–H groups in total. The average molecular weight is 387 g/mol. The Labute approximate surface area is 155 Å². The van der Waals surface area contributed by atoms with Gasteiger partial charge >= 0.3 is 0 Å². The van der Waals surface area contributed by atoms with Gasteiger partial charge in [0.2, 0.25) is 15.9 Å². The van der Waals surface area contributed by atoms with Crippen LogP contribution in [0.15, 0.2) is 23.1 Å². The molecule has 0 heterocycles. The van der Waals surface area contributed by atoms with Gasteiger partial charge in [0.1, 0.15) is 0 Å². The number of hydrogen-bond acceptors (Lipinski definition) is 3. The molecule has 0 atom stereocenters. The van der Waals surface area contributed by atoms with E-state index in [4.69, 9.17) is 11.6 Å². The van der Waals surface area contributed by atoms with Gasteiger partial charge in [0.05, 0.1) is 4.90 Å². The third-order valence-electron chi connectivity index (χ3n) is 4.75. The maximum Gasteiger partial charge on any atom is 0.240 e. The van der Waals surface area contributed by atoms with Crippen LogP contribution in [-0.2, 0) is 14.8 Å². The standard InChI is InChI=1S/C18H27ClN2O3S/c1-14-13-17(9-10-18(14)19)25(23,24)20-11-12-21(15(2)22)16-7-5-3-4-6-8-16/h9-10,13,16,20H,3-8,11-12H2,1-2H3. The van der Waals surface area contributed by atoms with Gasteiger partial charge in [-0.2, -0.15) is 0 Å². The molecule has 1 aliphatic rings. The number of nitrogens with zero attached hydrogens (tertiary/aromatic N) is 1. The van der Waals surface area contributed by atoms with Crippen molar-refractivity contribution in [2.24, 2.45) is 0 Å². The van der Waals surface area contributed by atoms with E-state index in [1.165, 1.54) is 18.9 Å². The van der Waals surface area contributed by atoms with Gasteiger partial charge < -0.3 is 4.90 Å². The van der Waals surface area contributed by atoms with Gasteiger partial charge in [-0.3, -0.25) is 4.79 Å². The quantitative estimate of drug-likeness (QED) is 0.761. The molecule has 0 spiro atoms. The van der Waals surface area contributed by atoms with E-state index in [0.29, 0.717) is 17.1 Å². The minimum absolute atomic E-state index is 0.00781. The summed E-state index contributed by atoms with van der Waals surface area (Å²) in [6.45, 7) is 3.93. The first-order chi connectivity index (χ1) is 11.8. The third-order valence-corrected chi connectivity index (χ3v) is 6.64. The Bertz CT molecular complexity index is 698. The number of nitrogens with one attached hydrogen (secondary N) is 1. The first-order valence-corrected chi connectivity index (χ1v) is 10.7. The highest BCUT2D eigenvalue weighted by Gasteiger charge is 2.23. The first-order valence-electron chi connectivity index (χ1n) is 8.84. The summed E-state index contributed by atoms with van der Waals surface area (Å²) in [5, 5.41) is 0.537. The van der Waals surface area contributed by atoms with Crippen molar-refractivity contribution in [3.8, 4) is 0 Å². The summed E-state index contributed by atoms with van der Waals surface area (Å²) in [5.41, 5.74) is 0.716. The minimum Gasteiger partial charge on any atom is -0.339 e. The van der Waals surface area contributed by atoms with E-state index in [0.717, 1.165) is 25.7 Å². The van der Waals surface area contributed by atoms with Crippen LogP contribution in [0.25, 0.3) is 0 Å². The average Bonchev–Trinajstić information content (AvgIpc) is 2.82. The van der Waals surface area contributed by atoms with E-state index < -0.39 is 10.0 Å². The Morgan fingerprint density at radius 3 is 2.44 bits per heavy atom. The number of sulfonamides is 1. The van der Waals surface area contributed by atoms with Gasteiger partial charge in [-0.1, -0.05) is 37.3 Å². The van der Waals surface area contributed by atoms with E-state index in [9.17, 15) is 13.2 Å². The first kappa shape index (κ1) is 20.2. The maximum absolute atomic E-state index is 12.4. The smallest absolute Gasteiger partial charge is 0.240 e. The zero-order valence-electron chi connectivity index (χ0n) is 14.9. The highest BCUT2D eigenvalue weighted by atomic mass is 35.5. The van der Waals surface area contributed by atoms with Gasteiger partial charge in [0.15, 0.2) is 0 Å². The van der Waals surface area contributed by atoms with Gasteiger partial charge in [0.25, 0.3) is 0 Å². The number of carbonyl (C=O) groups is 1. The molecule has 0 radical (unpaired) electrons. The minimum atomic E-state index is -3.61. The van der Waals surface area contributed by atoms with Crippen LogP contribution in [0, 0.1) is 6.92 Å². The van der Waals surface area contributed by atoms with Crippen molar-refractivity contribution in [2.75, 3.05) is 13.1 Å². The summed E-state index contributed by atoms with van der Waals surface area (Å²) in [5.74, 6) is 0.00781. The molecule has 5 nitrogen and oxygen atoms in total. The Morgan fingerprint density at radius 2 is 1.88 bits per heavy atom. The molecule has 1 amide bonds. The second-order valence-corrected chi connectivity index (χ2v) is 8.84.